The van der Waals surface area contributed by atoms with Crippen molar-refractivity contribution < 1.29 is 12.9 Å². The van der Waals surface area contributed by atoms with Crippen LogP contribution in [-0.4, -0.2) is 18.6 Å². The van der Waals surface area contributed by atoms with Gasteiger partial charge in [0.05, 0.1) is 11.6 Å². The molecule has 0 fully saturated rings. The van der Waals surface area contributed by atoms with Crippen molar-refractivity contribution in [3.8, 4) is 0 Å². The van der Waals surface area contributed by atoms with Gasteiger partial charge in [-0.2, -0.15) is 4.98 Å². The monoisotopic (exact) mass is 350 g/mol. The molecule has 0 saturated heterocycles. The van der Waals surface area contributed by atoms with E-state index in [0.717, 1.165) is 0 Å². The number of nitrogens with two attached hydrogens (primary N) is 1. The van der Waals surface area contributed by atoms with Crippen LogP contribution in [-0.2, 0) is 23.1 Å². The predicted molar refractivity (Wildman–Crippen MR) is 77.4 cm³/mol. The van der Waals surface area contributed by atoms with Crippen molar-refractivity contribution in [3.63, 3.8) is 0 Å². The minimum absolute atomic E-state index is 0.00166. The Morgan fingerprint density at radius 2 is 2.10 bits per heavy atom. The maximum atomic E-state index is 12.2. The highest BCUT2D eigenvalue weighted by atomic mass is 35.5. The second kappa shape index (κ2) is 6.29. The molecule has 3 N–H and O–H groups in total. The number of hydrogen-bond acceptors (Lipinski definition) is 6. The van der Waals surface area contributed by atoms with Crippen LogP contribution in [0.5, 0.6) is 0 Å². The van der Waals surface area contributed by atoms with Gasteiger partial charge < -0.3 is 10.3 Å². The van der Waals surface area contributed by atoms with Crippen LogP contribution in [0.2, 0.25) is 10.0 Å². The van der Waals surface area contributed by atoms with Crippen LogP contribution in [0, 0.1) is 6.92 Å². The second-order valence-electron chi connectivity index (χ2n) is 4.10. The molecule has 0 aliphatic heterocycles. The molecule has 1 aromatic carbocycles. The van der Waals surface area contributed by atoms with E-state index in [1.54, 1.807) is 6.92 Å². The lowest BCUT2D eigenvalue weighted by Gasteiger charge is -2.11. The smallest absolute Gasteiger partial charge is 0.242 e. The highest BCUT2D eigenvalue weighted by Crippen LogP contribution is 2.30. The Hall–Kier alpha value is -1.19. The fraction of sp³-hybridized carbons (Fsp3) is 0.273. The van der Waals surface area contributed by atoms with E-state index in [1.807, 2.05) is 0 Å². The van der Waals surface area contributed by atoms with Crippen molar-refractivity contribution in [2.24, 2.45) is 5.73 Å². The summed E-state index contributed by atoms with van der Waals surface area (Å²) in [6.45, 7) is 1.52. The Labute approximate surface area is 131 Å². The maximum absolute atomic E-state index is 12.2. The Bertz CT molecular complexity index is 761. The number of nitrogens with one attached hydrogen (secondary N) is 1. The fourth-order valence-corrected chi connectivity index (χ4v) is 3.53. The molecule has 1 aromatic heterocycles. The molecule has 2 rings (SSSR count). The molecule has 0 bridgehead atoms. The highest BCUT2D eigenvalue weighted by molar-refractivity contribution is 7.89. The average Bonchev–Trinajstić information content (AvgIpc) is 2.83. The molecule has 0 spiro atoms. The third-order valence-electron chi connectivity index (χ3n) is 2.63. The van der Waals surface area contributed by atoms with Gasteiger partial charge in [-0.05, 0) is 12.1 Å². The van der Waals surface area contributed by atoms with E-state index >= 15 is 0 Å². The number of aromatic nitrogens is 2. The molecule has 1 heterocycles. The molecule has 7 nitrogen and oxygen atoms in total. The van der Waals surface area contributed by atoms with Gasteiger partial charge in [-0.15, -0.1) is 0 Å². The van der Waals surface area contributed by atoms with Crippen molar-refractivity contribution in [3.05, 3.63) is 39.5 Å². The number of halogens is 2. The van der Waals surface area contributed by atoms with Crippen LogP contribution in [0.15, 0.2) is 21.6 Å². The summed E-state index contributed by atoms with van der Waals surface area (Å²) in [5, 5.41) is 3.91. The Morgan fingerprint density at radius 3 is 2.67 bits per heavy atom. The first kappa shape index (κ1) is 16.2. The van der Waals surface area contributed by atoms with Crippen molar-refractivity contribution in [2.45, 2.75) is 24.9 Å². The van der Waals surface area contributed by atoms with E-state index in [0.29, 0.717) is 16.5 Å². The number of rotatable bonds is 5. The summed E-state index contributed by atoms with van der Waals surface area (Å²) in [5.74, 6) is 0.569. The third kappa shape index (κ3) is 3.53. The van der Waals surface area contributed by atoms with Crippen molar-refractivity contribution in [1.29, 1.82) is 0 Å². The standard InChI is InChI=1S/C11H12Cl2N4O3S/c1-6-16-10(17-20-6)5-15-21(18,19)9-3-2-8(12)7(4-14)11(9)13/h2-3,15H,4-5,14H2,1H3. The molecule has 2 aromatic rings. The quantitative estimate of drug-likeness (QED) is 0.847. The number of sulfonamides is 1. The summed E-state index contributed by atoms with van der Waals surface area (Å²) in [6.07, 6.45) is 0. The van der Waals surface area contributed by atoms with Gasteiger partial charge in [0.25, 0.3) is 0 Å². The van der Waals surface area contributed by atoms with E-state index in [2.05, 4.69) is 14.9 Å². The summed E-state index contributed by atoms with van der Waals surface area (Å²) in [6, 6.07) is 2.75. The highest BCUT2D eigenvalue weighted by Gasteiger charge is 2.21. The van der Waals surface area contributed by atoms with Crippen LogP contribution in [0.4, 0.5) is 0 Å². The summed E-state index contributed by atoms with van der Waals surface area (Å²) in [7, 11) is -3.85. The molecule has 0 amide bonds. The minimum atomic E-state index is -3.85. The van der Waals surface area contributed by atoms with Gasteiger partial charge in [0.1, 0.15) is 4.90 Å². The van der Waals surface area contributed by atoms with E-state index < -0.39 is 10.0 Å². The van der Waals surface area contributed by atoms with Crippen molar-refractivity contribution >= 4 is 33.2 Å². The number of hydrogen-bond donors (Lipinski definition) is 2. The summed E-state index contributed by atoms with van der Waals surface area (Å²) >= 11 is 12.0. The molecule has 0 saturated carbocycles. The van der Waals surface area contributed by atoms with E-state index in [1.165, 1.54) is 12.1 Å². The first-order valence-electron chi connectivity index (χ1n) is 5.81. The first-order chi connectivity index (χ1) is 9.85. The lowest BCUT2D eigenvalue weighted by Crippen LogP contribution is -2.24. The van der Waals surface area contributed by atoms with Gasteiger partial charge in [-0.1, -0.05) is 28.4 Å². The number of benzene rings is 1. The summed E-state index contributed by atoms with van der Waals surface area (Å²) < 4.78 is 31.6. The Kier molecular flexibility index (Phi) is 4.84. The lowest BCUT2D eigenvalue weighted by atomic mass is 10.2. The molecule has 114 valence electrons. The topological polar surface area (TPSA) is 111 Å². The molecule has 0 aliphatic carbocycles. The molecule has 10 heteroatoms. The van der Waals surface area contributed by atoms with E-state index in [-0.39, 0.29) is 28.8 Å². The Morgan fingerprint density at radius 1 is 1.38 bits per heavy atom. The molecule has 0 unspecified atom stereocenters. The zero-order chi connectivity index (χ0) is 15.6. The van der Waals surface area contributed by atoms with Crippen LogP contribution in [0.3, 0.4) is 0 Å². The van der Waals surface area contributed by atoms with Gasteiger partial charge in [-0.25, -0.2) is 13.1 Å². The van der Waals surface area contributed by atoms with Gasteiger partial charge in [-0.3, -0.25) is 0 Å². The van der Waals surface area contributed by atoms with Crippen LogP contribution < -0.4 is 10.5 Å². The summed E-state index contributed by atoms with van der Waals surface area (Å²) in [5.41, 5.74) is 5.89. The first-order valence-corrected chi connectivity index (χ1v) is 8.05. The zero-order valence-corrected chi connectivity index (χ0v) is 13.3. The SMILES string of the molecule is Cc1nc(CNS(=O)(=O)c2ccc(Cl)c(CN)c2Cl)no1. The average molecular weight is 351 g/mol. The van der Waals surface area contributed by atoms with E-state index in [4.69, 9.17) is 33.5 Å². The van der Waals surface area contributed by atoms with Crippen LogP contribution >= 0.6 is 23.2 Å². The molecular formula is C11H12Cl2N4O3S. The maximum Gasteiger partial charge on any atom is 0.242 e. The second-order valence-corrected chi connectivity index (χ2v) is 6.62. The van der Waals surface area contributed by atoms with Gasteiger partial charge in [0.15, 0.2) is 5.82 Å². The largest absolute Gasteiger partial charge is 0.340 e. The molecule has 0 aliphatic rings. The van der Waals surface area contributed by atoms with Gasteiger partial charge in [0, 0.05) is 24.1 Å². The number of aryl methyl sites for hydroxylation is 1. The Balaban J connectivity index is 2.27. The van der Waals surface area contributed by atoms with E-state index in [9.17, 15) is 8.42 Å². The lowest BCUT2D eigenvalue weighted by molar-refractivity contribution is 0.387. The van der Waals surface area contributed by atoms with Crippen LogP contribution in [0.1, 0.15) is 17.3 Å². The van der Waals surface area contributed by atoms with Crippen molar-refractivity contribution in [1.82, 2.24) is 14.9 Å². The molecular weight excluding hydrogens is 339 g/mol. The summed E-state index contributed by atoms with van der Waals surface area (Å²) in [4.78, 5) is 3.80. The van der Waals surface area contributed by atoms with Crippen LogP contribution in [0.25, 0.3) is 0 Å². The normalized spacial score (nSPS) is 11.8. The van der Waals surface area contributed by atoms with Crippen molar-refractivity contribution in [2.75, 3.05) is 0 Å². The predicted octanol–water partition coefficient (Wildman–Crippen LogP) is 1.62. The third-order valence-corrected chi connectivity index (χ3v) is 4.98. The number of nitrogens with zero attached hydrogens (tertiary/aromatic N) is 2. The molecule has 0 atom stereocenters. The molecule has 21 heavy (non-hydrogen) atoms. The molecule has 0 radical (unpaired) electrons. The fourth-order valence-electron chi connectivity index (χ4n) is 1.62. The minimum Gasteiger partial charge on any atom is -0.340 e. The zero-order valence-electron chi connectivity index (χ0n) is 10.9. The van der Waals surface area contributed by atoms with Gasteiger partial charge in [0.2, 0.25) is 15.9 Å². The van der Waals surface area contributed by atoms with Gasteiger partial charge >= 0.3 is 0 Å².